The molecule has 1 aromatic carbocycles. The first-order valence-electron chi connectivity index (χ1n) is 5.30. The van der Waals surface area contributed by atoms with Crippen molar-refractivity contribution in [1.29, 1.82) is 0 Å². The second-order valence-corrected chi connectivity index (χ2v) is 6.37. The van der Waals surface area contributed by atoms with Gasteiger partial charge in [0.2, 0.25) is 0 Å². The highest BCUT2D eigenvalue weighted by molar-refractivity contribution is 8.12. The number of benzene rings is 1. The Labute approximate surface area is 128 Å². The molecule has 0 heterocycles. The Morgan fingerprint density at radius 3 is 2.06 bits per heavy atom. The summed E-state index contributed by atoms with van der Waals surface area (Å²) < 4.78 is 2.07. The number of nitrogens with zero attached hydrogens (tertiary/aromatic N) is 2. The monoisotopic (exact) mass is 325 g/mol. The van der Waals surface area contributed by atoms with Gasteiger partial charge in [-0.3, -0.25) is 9.48 Å². The SMILES string of the molecule is CN(C)C(SCc1cc(Cl)c(Cl)c(Cl)c1)=[N+](C)C. The van der Waals surface area contributed by atoms with E-state index in [1.807, 2.05) is 40.3 Å². The number of rotatable bonds is 2. The summed E-state index contributed by atoms with van der Waals surface area (Å²) in [6, 6.07) is 3.71. The van der Waals surface area contributed by atoms with Crippen molar-refractivity contribution in [3.8, 4) is 0 Å². The molecule has 0 aliphatic heterocycles. The van der Waals surface area contributed by atoms with Crippen LogP contribution in [-0.2, 0) is 5.75 Å². The van der Waals surface area contributed by atoms with Gasteiger partial charge in [0.05, 0.1) is 43.3 Å². The van der Waals surface area contributed by atoms with Crippen molar-refractivity contribution in [2.24, 2.45) is 0 Å². The van der Waals surface area contributed by atoms with Gasteiger partial charge in [0.15, 0.2) is 0 Å². The van der Waals surface area contributed by atoms with Crippen LogP contribution in [-0.4, -0.2) is 42.8 Å². The molecule has 100 valence electrons. The normalized spacial score (nSPS) is 10.4. The van der Waals surface area contributed by atoms with Gasteiger partial charge in [-0.25, -0.2) is 0 Å². The minimum Gasteiger partial charge on any atom is -0.262 e. The average molecular weight is 327 g/mol. The maximum absolute atomic E-state index is 6.01. The molecule has 0 aliphatic rings. The smallest absolute Gasteiger partial charge is 0.262 e. The minimum absolute atomic E-state index is 0.413. The van der Waals surface area contributed by atoms with Crippen LogP contribution in [0.1, 0.15) is 5.56 Å². The molecule has 0 unspecified atom stereocenters. The molecule has 0 spiro atoms. The first kappa shape index (κ1) is 16.0. The van der Waals surface area contributed by atoms with Crippen LogP contribution in [0.5, 0.6) is 0 Å². The minimum atomic E-state index is 0.413. The van der Waals surface area contributed by atoms with E-state index in [1.54, 1.807) is 11.8 Å². The van der Waals surface area contributed by atoms with E-state index in [0.717, 1.165) is 16.5 Å². The Kier molecular flexibility index (Phi) is 6.12. The summed E-state index contributed by atoms with van der Waals surface area (Å²) in [5, 5.41) is 2.57. The molecule has 6 heteroatoms. The predicted octanol–water partition coefficient (Wildman–Crippen LogP) is 4.07. The largest absolute Gasteiger partial charge is 0.307 e. The topological polar surface area (TPSA) is 6.25 Å². The van der Waals surface area contributed by atoms with Gasteiger partial charge in [-0.15, -0.1) is 0 Å². The molecular weight excluding hydrogens is 311 g/mol. The summed E-state index contributed by atoms with van der Waals surface area (Å²) in [6.07, 6.45) is 0. The molecule has 0 N–H and O–H groups in total. The summed E-state index contributed by atoms with van der Waals surface area (Å²) in [6.45, 7) is 0. The van der Waals surface area contributed by atoms with Crippen molar-refractivity contribution in [3.05, 3.63) is 32.8 Å². The number of amidine groups is 1. The van der Waals surface area contributed by atoms with E-state index in [1.165, 1.54) is 0 Å². The van der Waals surface area contributed by atoms with E-state index in [4.69, 9.17) is 34.8 Å². The Balaban J connectivity index is 2.84. The highest BCUT2D eigenvalue weighted by atomic mass is 35.5. The van der Waals surface area contributed by atoms with E-state index < -0.39 is 0 Å². The molecule has 1 aromatic rings. The molecular formula is C12H16Cl3N2S+. The Bertz CT molecular complexity index is 445. The van der Waals surface area contributed by atoms with Crippen LogP contribution < -0.4 is 0 Å². The lowest BCUT2D eigenvalue weighted by atomic mass is 10.2. The third-order valence-corrected chi connectivity index (χ3v) is 4.84. The highest BCUT2D eigenvalue weighted by Gasteiger charge is 2.13. The van der Waals surface area contributed by atoms with Crippen molar-refractivity contribution in [3.63, 3.8) is 0 Å². The summed E-state index contributed by atoms with van der Waals surface area (Å²) in [5.74, 6) is 0.794. The fourth-order valence-electron chi connectivity index (χ4n) is 1.50. The van der Waals surface area contributed by atoms with Gasteiger partial charge >= 0.3 is 5.17 Å². The lowest BCUT2D eigenvalue weighted by Crippen LogP contribution is -2.26. The van der Waals surface area contributed by atoms with Gasteiger partial charge in [0.25, 0.3) is 0 Å². The van der Waals surface area contributed by atoms with E-state index in [0.29, 0.717) is 15.1 Å². The van der Waals surface area contributed by atoms with Gasteiger partial charge in [0.1, 0.15) is 0 Å². The van der Waals surface area contributed by atoms with Crippen LogP contribution >= 0.6 is 46.6 Å². The van der Waals surface area contributed by atoms with E-state index in [9.17, 15) is 0 Å². The molecule has 2 nitrogen and oxygen atoms in total. The molecule has 0 atom stereocenters. The summed E-state index contributed by atoms with van der Waals surface area (Å²) >= 11 is 19.7. The van der Waals surface area contributed by atoms with E-state index in [-0.39, 0.29) is 0 Å². The van der Waals surface area contributed by atoms with Crippen molar-refractivity contribution < 1.29 is 4.58 Å². The van der Waals surface area contributed by atoms with Crippen LogP contribution in [0.15, 0.2) is 12.1 Å². The van der Waals surface area contributed by atoms with Crippen LogP contribution in [0.25, 0.3) is 0 Å². The molecule has 0 bridgehead atoms. The quantitative estimate of drug-likeness (QED) is 0.350. The molecule has 18 heavy (non-hydrogen) atoms. The van der Waals surface area contributed by atoms with E-state index >= 15 is 0 Å². The Hall–Kier alpha value is -0.0900. The zero-order valence-electron chi connectivity index (χ0n) is 10.8. The molecule has 0 aliphatic carbocycles. The number of thioether (sulfide) groups is 1. The van der Waals surface area contributed by atoms with Crippen molar-refractivity contribution in [2.45, 2.75) is 5.75 Å². The first-order valence-corrected chi connectivity index (χ1v) is 7.42. The maximum atomic E-state index is 6.01. The summed E-state index contributed by atoms with van der Waals surface area (Å²) in [7, 11) is 8.07. The van der Waals surface area contributed by atoms with Crippen LogP contribution in [0, 0.1) is 0 Å². The zero-order chi connectivity index (χ0) is 13.9. The molecule has 0 amide bonds. The second kappa shape index (κ2) is 6.90. The summed E-state index contributed by atoms with van der Waals surface area (Å²) in [5.41, 5.74) is 1.06. The first-order chi connectivity index (χ1) is 8.32. The average Bonchev–Trinajstić information content (AvgIpc) is 2.24. The third kappa shape index (κ3) is 4.23. The molecule has 1 rings (SSSR count). The van der Waals surface area contributed by atoms with Crippen LogP contribution in [0.4, 0.5) is 0 Å². The van der Waals surface area contributed by atoms with Crippen molar-refractivity contribution in [2.75, 3.05) is 28.2 Å². The van der Waals surface area contributed by atoms with Crippen LogP contribution in [0.3, 0.4) is 0 Å². The van der Waals surface area contributed by atoms with Gasteiger partial charge in [-0.2, -0.15) is 0 Å². The van der Waals surface area contributed by atoms with Gasteiger partial charge in [0, 0.05) is 5.75 Å². The Morgan fingerprint density at radius 2 is 1.67 bits per heavy atom. The van der Waals surface area contributed by atoms with Gasteiger partial charge < -0.3 is 0 Å². The molecule has 0 aromatic heterocycles. The maximum Gasteiger partial charge on any atom is 0.307 e. The molecule has 0 radical (unpaired) electrons. The van der Waals surface area contributed by atoms with E-state index in [2.05, 4.69) is 9.48 Å². The fourth-order valence-corrected chi connectivity index (χ4v) is 3.12. The number of halogens is 3. The lowest BCUT2D eigenvalue weighted by Gasteiger charge is -2.11. The standard InChI is InChI=1S/C12H16Cl3N2S/c1-16(2)12(17(3)4)18-7-8-5-9(13)11(15)10(14)6-8/h5-6H,7H2,1-4H3/q+1. The number of hydrogen-bond donors (Lipinski definition) is 0. The fraction of sp³-hybridized carbons (Fsp3) is 0.417. The molecule has 0 saturated carbocycles. The van der Waals surface area contributed by atoms with Gasteiger partial charge in [-0.1, -0.05) is 34.8 Å². The van der Waals surface area contributed by atoms with Gasteiger partial charge in [-0.05, 0) is 29.5 Å². The van der Waals surface area contributed by atoms with Crippen molar-refractivity contribution >= 4 is 51.7 Å². The predicted molar refractivity (Wildman–Crippen MR) is 83.6 cm³/mol. The lowest BCUT2D eigenvalue weighted by molar-refractivity contribution is -0.466. The third-order valence-electron chi connectivity index (χ3n) is 2.18. The second-order valence-electron chi connectivity index (χ2n) is 4.23. The molecule has 0 saturated heterocycles. The zero-order valence-corrected chi connectivity index (χ0v) is 13.9. The summed E-state index contributed by atoms with van der Waals surface area (Å²) in [4.78, 5) is 2.07. The van der Waals surface area contributed by atoms with Crippen LogP contribution in [0.2, 0.25) is 15.1 Å². The Morgan fingerprint density at radius 1 is 1.17 bits per heavy atom. The molecule has 0 fully saturated rings. The number of hydrogen-bond acceptors (Lipinski definition) is 1. The van der Waals surface area contributed by atoms with Crippen molar-refractivity contribution in [1.82, 2.24) is 4.90 Å². The highest BCUT2D eigenvalue weighted by Crippen LogP contribution is 2.32.